The maximum absolute atomic E-state index is 12.4. The number of rotatable bonds is 11. The van der Waals surface area contributed by atoms with Crippen LogP contribution in [0.25, 0.3) is 0 Å². The average Bonchev–Trinajstić information content (AvgIpc) is 4.06. The Morgan fingerprint density at radius 2 is 1.26 bits per heavy atom. The summed E-state index contributed by atoms with van der Waals surface area (Å²) in [6.45, 7) is -0.240. The van der Waals surface area contributed by atoms with E-state index in [9.17, 15) is 14.7 Å². The molecule has 11 heteroatoms. The van der Waals surface area contributed by atoms with Crippen LogP contribution in [0.2, 0.25) is 0 Å². The van der Waals surface area contributed by atoms with Crippen LogP contribution in [0, 0.1) is 11.8 Å². The number of hydrogen-bond donors (Lipinski definition) is 5. The zero-order valence-electron chi connectivity index (χ0n) is 26.5. The molecule has 0 radical (unpaired) electrons. The van der Waals surface area contributed by atoms with Gasteiger partial charge in [-0.05, 0) is 53.0 Å². The van der Waals surface area contributed by atoms with E-state index in [1.807, 2.05) is 48.5 Å². The Labute approximate surface area is 274 Å². The van der Waals surface area contributed by atoms with Crippen molar-refractivity contribution >= 4 is 11.9 Å². The largest absolute Gasteiger partial charge is 0.481 e. The number of nitrogens with one attached hydrogen (secondary N) is 1. The number of aliphatic hydroxyl groups excluding tert-OH is 2. The molecule has 2 fully saturated rings. The van der Waals surface area contributed by atoms with Gasteiger partial charge in [0.25, 0.3) is 0 Å². The van der Waals surface area contributed by atoms with Gasteiger partial charge in [-0.3, -0.25) is 9.59 Å². The van der Waals surface area contributed by atoms with Gasteiger partial charge in [-0.1, -0.05) is 66.7 Å². The number of carbonyl (C=O) groups excluding carboxylic acids is 1. The fraction of sp³-hybridized carbons (Fsp3) is 0.333. The number of hydrogen-bond acceptors (Lipinski definition) is 9. The van der Waals surface area contributed by atoms with Gasteiger partial charge in [0.15, 0.2) is 0 Å². The van der Waals surface area contributed by atoms with Gasteiger partial charge in [-0.2, -0.15) is 0 Å². The molecule has 11 nitrogen and oxygen atoms in total. The fourth-order valence-corrected chi connectivity index (χ4v) is 5.16. The summed E-state index contributed by atoms with van der Waals surface area (Å²) in [4.78, 5) is 31.0. The van der Waals surface area contributed by atoms with Gasteiger partial charge in [0, 0.05) is 30.4 Å². The highest BCUT2D eigenvalue weighted by molar-refractivity contribution is 5.83. The van der Waals surface area contributed by atoms with Crippen molar-refractivity contribution in [1.29, 1.82) is 0 Å². The summed E-state index contributed by atoms with van der Waals surface area (Å²) < 4.78 is 9.88. The number of aliphatic hydroxyl groups is 2. The molecule has 2 heterocycles. The Kier molecular flexibility index (Phi) is 12.8. The van der Waals surface area contributed by atoms with Crippen LogP contribution in [0.5, 0.6) is 11.8 Å². The van der Waals surface area contributed by atoms with Gasteiger partial charge < -0.3 is 35.8 Å². The van der Waals surface area contributed by atoms with Crippen LogP contribution in [0.15, 0.2) is 97.3 Å². The van der Waals surface area contributed by atoms with Crippen LogP contribution < -0.4 is 20.5 Å². The number of ether oxygens (including phenoxy) is 2. The van der Waals surface area contributed by atoms with Crippen LogP contribution in [0.4, 0.5) is 0 Å². The van der Waals surface area contributed by atoms with Crippen molar-refractivity contribution in [3.63, 3.8) is 0 Å². The van der Waals surface area contributed by atoms with Gasteiger partial charge in [-0.15, -0.1) is 0 Å². The average molecular weight is 643 g/mol. The number of nitrogens with zero attached hydrogens (tertiary/aromatic N) is 2. The molecule has 0 bridgehead atoms. The number of amides is 1. The summed E-state index contributed by atoms with van der Waals surface area (Å²) in [7, 11) is 3.10. The first-order valence-corrected chi connectivity index (χ1v) is 15.4. The zero-order valence-corrected chi connectivity index (χ0v) is 26.5. The SMILES string of the molecule is COc1ccc([C@@H](N)CO)cn1.COc1ccc([C@H](CO)NC(=O)[C@H]2C[C@@H]2c2ccccc2)cn1.O=C(O)[C@H]1C[C@@H]1c1ccccc1. The number of benzene rings is 2. The molecule has 0 saturated heterocycles. The lowest BCUT2D eigenvalue weighted by Gasteiger charge is -2.16. The monoisotopic (exact) mass is 642 g/mol. The first-order chi connectivity index (χ1) is 22.8. The summed E-state index contributed by atoms with van der Waals surface area (Å²) in [5.74, 6) is 0.767. The van der Waals surface area contributed by atoms with E-state index >= 15 is 0 Å². The Balaban J connectivity index is 0.000000176. The second-order valence-corrected chi connectivity index (χ2v) is 11.4. The van der Waals surface area contributed by atoms with E-state index in [0.29, 0.717) is 11.8 Å². The number of carbonyl (C=O) groups is 2. The standard InChI is InChI=1S/C18H20N2O3.C10H10O2.C8H12N2O2/c1-23-17-8-7-13(10-19-17)16(11-21)20-18(22)15-9-14(15)12-5-3-2-4-6-12;11-10(12)9-6-8(9)7-4-2-1-3-5-7;1-12-8-3-2-6(4-10-8)7(9)5-11/h2-8,10,14-16,21H,9,11H2,1H3,(H,20,22);1-5,8-9H,6H2,(H,11,12);2-4,7,11H,5,9H2,1H3/t14-,15+,16+;8-,9+;7-/m110/s1. The zero-order chi connectivity index (χ0) is 33.8. The topological polar surface area (TPSA) is 177 Å². The van der Waals surface area contributed by atoms with Gasteiger partial charge in [0.2, 0.25) is 17.7 Å². The van der Waals surface area contributed by atoms with Crippen molar-refractivity contribution in [1.82, 2.24) is 15.3 Å². The summed E-state index contributed by atoms with van der Waals surface area (Å²) >= 11 is 0. The molecule has 248 valence electrons. The molecule has 6 atom stereocenters. The number of aliphatic carboxylic acids is 1. The van der Waals surface area contributed by atoms with Gasteiger partial charge in [0.05, 0.1) is 45.4 Å². The Morgan fingerprint density at radius 3 is 1.66 bits per heavy atom. The summed E-state index contributed by atoms with van der Waals surface area (Å²) in [6, 6.07) is 26.1. The lowest BCUT2D eigenvalue weighted by molar-refractivity contribution is -0.138. The molecule has 2 aliphatic carbocycles. The maximum atomic E-state index is 12.4. The van der Waals surface area contributed by atoms with E-state index in [1.54, 1.807) is 50.9 Å². The van der Waals surface area contributed by atoms with E-state index in [0.717, 1.165) is 29.5 Å². The summed E-state index contributed by atoms with van der Waals surface area (Å²) in [5, 5.41) is 29.9. The number of pyridine rings is 2. The summed E-state index contributed by atoms with van der Waals surface area (Å²) in [6.07, 6.45) is 4.87. The summed E-state index contributed by atoms with van der Waals surface area (Å²) in [5.41, 5.74) is 9.47. The van der Waals surface area contributed by atoms with Crippen molar-refractivity contribution in [3.8, 4) is 11.8 Å². The molecule has 47 heavy (non-hydrogen) atoms. The first kappa shape index (κ1) is 35.0. The van der Waals surface area contributed by atoms with Crippen LogP contribution in [0.1, 0.15) is 59.0 Å². The highest BCUT2D eigenvalue weighted by Gasteiger charge is 2.44. The second-order valence-electron chi connectivity index (χ2n) is 11.4. The molecule has 0 aliphatic heterocycles. The van der Waals surface area contributed by atoms with Crippen LogP contribution in [-0.2, 0) is 9.59 Å². The number of nitrogens with two attached hydrogens (primary N) is 1. The maximum Gasteiger partial charge on any atom is 0.307 e. The van der Waals surface area contributed by atoms with Crippen LogP contribution >= 0.6 is 0 Å². The van der Waals surface area contributed by atoms with Gasteiger partial charge >= 0.3 is 5.97 Å². The predicted molar refractivity (Wildman–Crippen MR) is 176 cm³/mol. The Morgan fingerprint density at radius 1 is 0.766 bits per heavy atom. The van der Waals surface area contributed by atoms with Crippen molar-refractivity contribution in [3.05, 3.63) is 120 Å². The third kappa shape index (κ3) is 10.1. The smallest absolute Gasteiger partial charge is 0.307 e. The van der Waals surface area contributed by atoms with Gasteiger partial charge in [-0.25, -0.2) is 9.97 Å². The lowest BCUT2D eigenvalue weighted by Crippen LogP contribution is -2.32. The minimum absolute atomic E-state index is 0.0161. The van der Waals surface area contributed by atoms with Crippen LogP contribution in [-0.4, -0.2) is 64.6 Å². The van der Waals surface area contributed by atoms with Crippen molar-refractivity contribution in [2.75, 3.05) is 27.4 Å². The fourth-order valence-electron chi connectivity index (χ4n) is 5.16. The highest BCUT2D eigenvalue weighted by Crippen LogP contribution is 2.48. The van der Waals surface area contributed by atoms with Crippen molar-refractivity contribution in [2.24, 2.45) is 17.6 Å². The molecule has 1 amide bonds. The molecule has 2 saturated carbocycles. The second kappa shape index (κ2) is 17.2. The van der Waals surface area contributed by atoms with E-state index in [2.05, 4.69) is 27.4 Å². The first-order valence-electron chi connectivity index (χ1n) is 15.4. The van der Waals surface area contributed by atoms with Crippen molar-refractivity contribution in [2.45, 2.75) is 36.8 Å². The predicted octanol–water partition coefficient (Wildman–Crippen LogP) is 4.00. The minimum atomic E-state index is -0.663. The van der Waals surface area contributed by atoms with E-state index in [1.165, 1.54) is 5.56 Å². The van der Waals surface area contributed by atoms with Crippen LogP contribution in [0.3, 0.4) is 0 Å². The molecule has 2 aromatic carbocycles. The minimum Gasteiger partial charge on any atom is -0.481 e. The molecule has 0 unspecified atom stereocenters. The normalized spacial score (nSPS) is 20.1. The molecule has 2 aromatic heterocycles. The number of methoxy groups -OCH3 is 2. The molecule has 4 aromatic rings. The molecular weight excluding hydrogens is 600 g/mol. The lowest BCUT2D eigenvalue weighted by atomic mass is 10.1. The quantitative estimate of drug-likeness (QED) is 0.161. The van der Waals surface area contributed by atoms with E-state index < -0.39 is 12.0 Å². The molecule has 2 aliphatic rings. The van der Waals surface area contributed by atoms with Crippen molar-refractivity contribution < 1.29 is 34.4 Å². The number of carboxylic acid groups (broad SMARTS) is 1. The molecule has 6 rings (SSSR count). The molecule has 0 spiro atoms. The third-order valence-corrected chi connectivity index (χ3v) is 8.15. The number of aromatic nitrogens is 2. The molecule has 6 N–H and O–H groups in total. The Hall–Kier alpha value is -4.84. The highest BCUT2D eigenvalue weighted by atomic mass is 16.5. The third-order valence-electron chi connectivity index (χ3n) is 8.15. The Bertz CT molecular complexity index is 1540. The van der Waals surface area contributed by atoms with E-state index in [4.69, 9.17) is 25.4 Å². The molecular formula is C36H42N4O7. The van der Waals surface area contributed by atoms with Gasteiger partial charge in [0.1, 0.15) is 0 Å². The van der Waals surface area contributed by atoms with E-state index in [-0.39, 0.29) is 48.8 Å². The number of carboxylic acids is 1.